The highest BCUT2D eigenvalue weighted by Crippen LogP contribution is 2.60. The number of hydrogen-bond donors (Lipinski definition) is 0. The smallest absolute Gasteiger partial charge is 0.118 e. The van der Waals surface area contributed by atoms with Crippen molar-refractivity contribution in [3.05, 3.63) is 336 Å². The van der Waals surface area contributed by atoms with Gasteiger partial charge in [-0.2, -0.15) is 0 Å². The van der Waals surface area contributed by atoms with E-state index in [1.54, 1.807) is 14.2 Å². The predicted octanol–water partition coefficient (Wildman–Crippen LogP) is 22.1. The predicted molar refractivity (Wildman–Crippen MR) is 397 cm³/mol. The number of nitrogens with zero attached hydrogens (tertiary/aromatic N) is 2. The lowest BCUT2D eigenvalue weighted by atomic mass is 9.67. The Balaban J connectivity index is 0.752. The first kappa shape index (κ1) is 61.3. The Morgan fingerprint density at radius 2 is 0.635 bits per heavy atom. The topological polar surface area (TPSA) is 43.4 Å². The second-order valence-corrected chi connectivity index (χ2v) is 28.4. The molecule has 2 aliphatic carbocycles. The zero-order valence-electron chi connectivity index (χ0n) is 54.7. The number of benzene rings is 12. The molecule has 12 aromatic rings. The summed E-state index contributed by atoms with van der Waals surface area (Å²) < 4.78 is 23.0. The molecule has 2 saturated heterocycles. The van der Waals surface area contributed by atoms with Crippen LogP contribution in [0.1, 0.15) is 71.2 Å². The van der Waals surface area contributed by atoms with Gasteiger partial charge < -0.3 is 28.7 Å². The van der Waals surface area contributed by atoms with Crippen molar-refractivity contribution in [2.75, 3.05) is 62.0 Å². The van der Waals surface area contributed by atoms with Crippen LogP contribution in [-0.4, -0.2) is 52.2 Å². The molecule has 2 aliphatic heterocycles. The molecule has 96 heavy (non-hydrogen) atoms. The molecule has 0 bridgehead atoms. The van der Waals surface area contributed by atoms with E-state index in [1.807, 2.05) is 23.5 Å². The summed E-state index contributed by atoms with van der Waals surface area (Å²) in [5, 5.41) is 0. The number of hydrogen-bond acceptors (Lipinski definition) is 8. The quantitative estimate of drug-likeness (QED) is 0.0660. The van der Waals surface area contributed by atoms with E-state index in [0.29, 0.717) is 0 Å². The first-order valence-electron chi connectivity index (χ1n) is 33.6. The van der Waals surface area contributed by atoms with Crippen molar-refractivity contribution < 1.29 is 18.9 Å². The summed E-state index contributed by atoms with van der Waals surface area (Å²) in [6, 6.07) is 108. The van der Waals surface area contributed by atoms with Crippen molar-refractivity contribution in [2.24, 2.45) is 10.8 Å². The summed E-state index contributed by atoms with van der Waals surface area (Å²) in [7, 11) is 3.48. The molecule has 2 unspecified atom stereocenters. The van der Waals surface area contributed by atoms with Crippen molar-refractivity contribution in [3.8, 4) is 44.9 Å². The summed E-state index contributed by atoms with van der Waals surface area (Å²) in [5.74, 6) is 3.76. The Hall–Kier alpha value is -9.54. The standard InChI is InChI=1S/C88H76N2O4S2/c1-5-85(55-93-56-85)59-95-75-47-33-65(34-48-75)87(63-29-43-73(91-3)44-30-63)81-23-15-13-21-77(81)79-51-41-71(53-83(79)87)89(67-17-9-7-10-18-67)69-37-25-61(26-38-69)62-27-39-70(40-28-62)90(68-19-11-8-12-20-68)72-42-52-80-78-22-14-16-24-82(78)88(84(80)54-72,64-31-45-74(92-4)46-32-64)66-35-49-76(50-36-66)96-60-86(6-2)57-94-58-86/h7-54H,5-6,55-60H2,1-4H3. The molecule has 0 spiro atoms. The molecule has 2 fully saturated rings. The minimum Gasteiger partial charge on any atom is -0.497 e. The molecule has 2 atom stereocenters. The molecular formula is C88H76N2O4S2. The summed E-state index contributed by atoms with van der Waals surface area (Å²) in [4.78, 5) is 7.35. The van der Waals surface area contributed by atoms with Crippen LogP contribution in [0.5, 0.6) is 11.5 Å². The summed E-state index contributed by atoms with van der Waals surface area (Å²) in [6.45, 7) is 7.95. The second kappa shape index (κ2) is 25.6. The van der Waals surface area contributed by atoms with Crippen molar-refractivity contribution in [2.45, 2.75) is 47.3 Å². The van der Waals surface area contributed by atoms with Crippen LogP contribution in [0.25, 0.3) is 33.4 Å². The van der Waals surface area contributed by atoms with Gasteiger partial charge in [0.2, 0.25) is 0 Å². The lowest BCUT2D eigenvalue weighted by molar-refractivity contribution is -0.0994. The van der Waals surface area contributed by atoms with E-state index < -0.39 is 10.8 Å². The number of rotatable bonds is 21. The number of fused-ring (bicyclic) bond motifs is 6. The van der Waals surface area contributed by atoms with Crippen LogP contribution in [-0.2, 0) is 20.3 Å². The van der Waals surface area contributed by atoms with Crippen molar-refractivity contribution >= 4 is 57.6 Å². The lowest BCUT2D eigenvalue weighted by Gasteiger charge is -2.40. The van der Waals surface area contributed by atoms with Crippen LogP contribution in [0.3, 0.4) is 0 Å². The molecule has 4 aliphatic rings. The maximum absolute atomic E-state index is 5.78. The average molecular weight is 1290 g/mol. The van der Waals surface area contributed by atoms with Gasteiger partial charge in [-0.05, 0) is 212 Å². The van der Waals surface area contributed by atoms with Gasteiger partial charge in [0.15, 0.2) is 0 Å². The van der Waals surface area contributed by atoms with Crippen LogP contribution in [0, 0.1) is 10.8 Å². The fourth-order valence-corrected chi connectivity index (χ4v) is 17.7. The number of ether oxygens (including phenoxy) is 4. The zero-order chi connectivity index (χ0) is 64.9. The SMILES string of the molecule is CCC1(CSc2ccc(C3(c4ccc(OC)cc4)c4ccccc4-c4ccc(N(c5ccccc5)c5ccc(-c6ccc(N(c7ccccc7)c7ccc8c(c7)C(c7ccc(OC)cc7)(c7ccc(SCC9(CC)COC9)cc7)c7ccccc7-8)cc6)cc5)cc43)cc2)COC1. The number of thioether (sulfide) groups is 2. The van der Waals surface area contributed by atoms with E-state index in [0.717, 1.165) is 108 Å². The molecule has 12 aromatic carbocycles. The molecule has 0 amide bonds. The number of anilines is 6. The van der Waals surface area contributed by atoms with E-state index in [2.05, 4.69) is 315 Å². The summed E-state index contributed by atoms with van der Waals surface area (Å²) in [5.41, 5.74) is 22.8. The van der Waals surface area contributed by atoms with E-state index in [4.69, 9.17) is 18.9 Å². The third kappa shape index (κ3) is 10.5. The Kier molecular flexibility index (Phi) is 16.3. The van der Waals surface area contributed by atoms with Crippen LogP contribution in [0.15, 0.2) is 301 Å². The Bertz CT molecular complexity index is 4430. The summed E-state index contributed by atoms with van der Waals surface area (Å²) in [6.07, 6.45) is 2.25. The normalized spacial score (nSPS) is 17.4. The maximum Gasteiger partial charge on any atom is 0.118 e. The van der Waals surface area contributed by atoms with Gasteiger partial charge >= 0.3 is 0 Å². The molecule has 0 N–H and O–H groups in total. The van der Waals surface area contributed by atoms with Gasteiger partial charge in [-0.3, -0.25) is 0 Å². The van der Waals surface area contributed by atoms with Gasteiger partial charge in [0.25, 0.3) is 0 Å². The first-order chi connectivity index (χ1) is 47.3. The van der Waals surface area contributed by atoms with Gasteiger partial charge in [-0.1, -0.05) is 184 Å². The fraction of sp³-hybridized carbons (Fsp3) is 0.182. The number of para-hydroxylation sites is 2. The van der Waals surface area contributed by atoms with Crippen molar-refractivity contribution in [1.82, 2.24) is 0 Å². The van der Waals surface area contributed by atoms with Crippen LogP contribution < -0.4 is 19.3 Å². The first-order valence-corrected chi connectivity index (χ1v) is 35.6. The van der Waals surface area contributed by atoms with E-state index in [-0.39, 0.29) is 10.8 Å². The Labute approximate surface area is 573 Å². The molecule has 0 radical (unpaired) electrons. The maximum atomic E-state index is 5.78. The highest BCUT2D eigenvalue weighted by atomic mass is 32.2. The third-order valence-electron chi connectivity index (χ3n) is 21.0. The average Bonchev–Trinajstić information content (AvgIpc) is 1.53. The molecule has 16 rings (SSSR count). The Morgan fingerprint density at radius 3 is 0.969 bits per heavy atom. The van der Waals surface area contributed by atoms with Gasteiger partial charge in [-0.15, -0.1) is 23.5 Å². The van der Waals surface area contributed by atoms with E-state index in [1.165, 1.54) is 76.6 Å². The molecular weight excluding hydrogens is 1210 g/mol. The molecule has 0 aromatic heterocycles. The van der Waals surface area contributed by atoms with Crippen molar-refractivity contribution in [3.63, 3.8) is 0 Å². The molecule has 474 valence electrons. The third-order valence-corrected chi connectivity index (χ3v) is 23.8. The van der Waals surface area contributed by atoms with E-state index in [9.17, 15) is 0 Å². The molecule has 2 heterocycles. The monoisotopic (exact) mass is 1290 g/mol. The van der Waals surface area contributed by atoms with Crippen LogP contribution in [0.4, 0.5) is 34.1 Å². The van der Waals surface area contributed by atoms with Gasteiger partial charge in [0.05, 0.1) is 51.5 Å². The minimum atomic E-state index is -0.622. The van der Waals surface area contributed by atoms with Crippen molar-refractivity contribution in [1.29, 1.82) is 0 Å². The van der Waals surface area contributed by atoms with Gasteiger partial charge in [-0.25, -0.2) is 0 Å². The van der Waals surface area contributed by atoms with Crippen LogP contribution in [0.2, 0.25) is 0 Å². The highest BCUT2D eigenvalue weighted by Gasteiger charge is 2.49. The van der Waals surface area contributed by atoms with E-state index >= 15 is 0 Å². The fourth-order valence-electron chi connectivity index (χ4n) is 15.4. The summed E-state index contributed by atoms with van der Waals surface area (Å²) >= 11 is 3.89. The zero-order valence-corrected chi connectivity index (χ0v) is 56.3. The molecule has 8 heteroatoms. The van der Waals surface area contributed by atoms with Gasteiger partial charge in [0, 0.05) is 66.3 Å². The molecule has 6 nitrogen and oxygen atoms in total. The largest absolute Gasteiger partial charge is 0.497 e. The highest BCUT2D eigenvalue weighted by molar-refractivity contribution is 7.99. The Morgan fingerprint density at radius 1 is 0.323 bits per heavy atom. The second-order valence-electron chi connectivity index (χ2n) is 26.3. The van der Waals surface area contributed by atoms with Gasteiger partial charge in [0.1, 0.15) is 11.5 Å². The number of methoxy groups -OCH3 is 2. The minimum absolute atomic E-state index is 0.254. The lowest BCUT2D eigenvalue weighted by Crippen LogP contribution is -2.44. The van der Waals surface area contributed by atoms with Crippen LogP contribution >= 0.6 is 23.5 Å². The molecule has 0 saturated carbocycles.